The molecule has 1 aliphatic rings. The number of nitrogens with zero attached hydrogens (tertiary/aromatic N) is 1. The van der Waals surface area contributed by atoms with E-state index in [-0.39, 0.29) is 17.8 Å². The van der Waals surface area contributed by atoms with Gasteiger partial charge in [-0.1, -0.05) is 29.5 Å². The average Bonchev–Trinajstić information content (AvgIpc) is 2.59. The normalized spacial score (nSPS) is 18.6. The third-order valence-electron chi connectivity index (χ3n) is 3.14. The van der Waals surface area contributed by atoms with Gasteiger partial charge in [-0.15, -0.1) is 0 Å². The van der Waals surface area contributed by atoms with Crippen molar-refractivity contribution in [1.29, 1.82) is 0 Å². The third-order valence-corrected chi connectivity index (χ3v) is 4.04. The predicted octanol–water partition coefficient (Wildman–Crippen LogP) is 2.12. The molecule has 4 N–H and O–H groups in total. The van der Waals surface area contributed by atoms with Crippen molar-refractivity contribution in [2.45, 2.75) is 32.7 Å². The molecule has 2 rings (SSSR count). The number of hydrogen-bond acceptors (Lipinski definition) is 4. The second-order valence-corrected chi connectivity index (χ2v) is 5.89. The molecule has 0 radical (unpaired) electrons. The van der Waals surface area contributed by atoms with Crippen molar-refractivity contribution in [3.8, 4) is 0 Å². The summed E-state index contributed by atoms with van der Waals surface area (Å²) in [5.41, 5.74) is 16.7. The van der Waals surface area contributed by atoms with Gasteiger partial charge < -0.3 is 16.4 Å². The molecule has 0 aliphatic carbocycles. The molecule has 1 amide bonds. The predicted molar refractivity (Wildman–Crippen MR) is 80.6 cm³/mol. The van der Waals surface area contributed by atoms with Crippen LogP contribution in [0.3, 0.4) is 0 Å². The smallest absolute Gasteiger partial charge is 0.223 e. The number of rotatable bonds is 3. The number of hydrogen-bond donors (Lipinski definition) is 2. The van der Waals surface area contributed by atoms with Crippen LogP contribution in [0.1, 0.15) is 23.1 Å². The first kappa shape index (κ1) is 14.0. The topological polar surface area (TPSA) is 72.3 Å². The SMILES string of the molecule is Cc1cc(C)c(N2C(CC(N)=O)=CSC2N)c(C)c1. The third kappa shape index (κ3) is 2.77. The quantitative estimate of drug-likeness (QED) is 0.887. The molecule has 19 heavy (non-hydrogen) atoms. The fourth-order valence-electron chi connectivity index (χ4n) is 2.56. The van der Waals surface area contributed by atoms with E-state index >= 15 is 0 Å². The number of primary amides is 1. The highest BCUT2D eigenvalue weighted by atomic mass is 32.2. The lowest BCUT2D eigenvalue weighted by Crippen LogP contribution is -2.37. The van der Waals surface area contributed by atoms with Crippen LogP contribution >= 0.6 is 11.8 Å². The van der Waals surface area contributed by atoms with Crippen LogP contribution in [0.4, 0.5) is 5.69 Å². The van der Waals surface area contributed by atoms with E-state index in [9.17, 15) is 4.79 Å². The van der Waals surface area contributed by atoms with Gasteiger partial charge in [0.25, 0.3) is 0 Å². The summed E-state index contributed by atoms with van der Waals surface area (Å²) in [5, 5.41) is 1.92. The van der Waals surface area contributed by atoms with Crippen LogP contribution < -0.4 is 16.4 Å². The molecule has 0 saturated heterocycles. The highest BCUT2D eigenvalue weighted by Crippen LogP contribution is 2.38. The summed E-state index contributed by atoms with van der Waals surface area (Å²) in [6, 6.07) is 4.25. The van der Waals surface area contributed by atoms with Crippen molar-refractivity contribution in [2.75, 3.05) is 4.90 Å². The van der Waals surface area contributed by atoms with Gasteiger partial charge in [-0.25, -0.2) is 0 Å². The summed E-state index contributed by atoms with van der Waals surface area (Å²) in [6.07, 6.45) is 0.216. The van der Waals surface area contributed by atoms with E-state index in [2.05, 4.69) is 32.9 Å². The molecule has 1 atom stereocenters. The monoisotopic (exact) mass is 277 g/mol. The number of carbonyl (C=O) groups is 1. The molecular formula is C14H19N3OS. The first-order valence-electron chi connectivity index (χ1n) is 6.15. The molecule has 4 nitrogen and oxygen atoms in total. The van der Waals surface area contributed by atoms with E-state index < -0.39 is 0 Å². The van der Waals surface area contributed by atoms with Crippen molar-refractivity contribution in [3.63, 3.8) is 0 Å². The summed E-state index contributed by atoms with van der Waals surface area (Å²) in [7, 11) is 0. The van der Waals surface area contributed by atoms with E-state index in [0.29, 0.717) is 0 Å². The lowest BCUT2D eigenvalue weighted by atomic mass is 10.0. The molecule has 0 bridgehead atoms. The highest BCUT2D eigenvalue weighted by molar-refractivity contribution is 8.03. The maximum absolute atomic E-state index is 11.2. The van der Waals surface area contributed by atoms with E-state index in [1.807, 2.05) is 10.3 Å². The molecule has 5 heteroatoms. The van der Waals surface area contributed by atoms with Crippen LogP contribution in [0.15, 0.2) is 23.2 Å². The second kappa shape index (κ2) is 5.27. The van der Waals surface area contributed by atoms with Crippen LogP contribution in [0, 0.1) is 20.8 Å². The van der Waals surface area contributed by atoms with Gasteiger partial charge >= 0.3 is 0 Å². The van der Waals surface area contributed by atoms with Crippen molar-refractivity contribution >= 4 is 23.4 Å². The van der Waals surface area contributed by atoms with Crippen molar-refractivity contribution < 1.29 is 4.79 Å². The van der Waals surface area contributed by atoms with Crippen LogP contribution in [0.5, 0.6) is 0 Å². The van der Waals surface area contributed by atoms with Gasteiger partial charge in [-0.3, -0.25) is 4.79 Å². The van der Waals surface area contributed by atoms with Crippen LogP contribution in [-0.2, 0) is 4.79 Å². The molecule has 1 unspecified atom stereocenters. The molecule has 1 aromatic rings. The molecule has 0 saturated carbocycles. The summed E-state index contributed by atoms with van der Waals surface area (Å²) in [5.74, 6) is -0.339. The van der Waals surface area contributed by atoms with Gasteiger partial charge in [0.05, 0.1) is 6.42 Å². The van der Waals surface area contributed by atoms with Crippen LogP contribution in [0.25, 0.3) is 0 Å². The zero-order chi connectivity index (χ0) is 14.2. The summed E-state index contributed by atoms with van der Waals surface area (Å²) in [6.45, 7) is 6.20. The number of amides is 1. The minimum absolute atomic E-state index is 0.200. The minimum Gasteiger partial charge on any atom is -0.369 e. The first-order chi connectivity index (χ1) is 8.90. The van der Waals surface area contributed by atoms with E-state index in [4.69, 9.17) is 11.5 Å². The Labute approximate surface area is 117 Å². The lowest BCUT2D eigenvalue weighted by molar-refractivity contribution is -0.117. The Morgan fingerprint density at radius 3 is 2.42 bits per heavy atom. The van der Waals surface area contributed by atoms with E-state index in [0.717, 1.165) is 22.5 Å². The Hall–Kier alpha value is -1.46. The molecule has 0 fully saturated rings. The number of benzene rings is 1. The molecule has 0 spiro atoms. The number of aryl methyl sites for hydroxylation is 3. The highest BCUT2D eigenvalue weighted by Gasteiger charge is 2.28. The molecule has 0 aromatic heterocycles. The minimum atomic E-state index is -0.339. The van der Waals surface area contributed by atoms with E-state index in [1.54, 1.807) is 0 Å². The number of anilines is 1. The maximum Gasteiger partial charge on any atom is 0.223 e. The molecule has 102 valence electrons. The van der Waals surface area contributed by atoms with Crippen LogP contribution in [-0.4, -0.2) is 11.4 Å². The summed E-state index contributed by atoms with van der Waals surface area (Å²) >= 11 is 1.51. The largest absolute Gasteiger partial charge is 0.369 e. The van der Waals surface area contributed by atoms with Crippen LogP contribution in [0.2, 0.25) is 0 Å². The van der Waals surface area contributed by atoms with Crippen molar-refractivity contribution in [1.82, 2.24) is 0 Å². The Balaban J connectivity index is 2.44. The van der Waals surface area contributed by atoms with Gasteiger partial charge in [-0.05, 0) is 37.3 Å². The van der Waals surface area contributed by atoms with Crippen molar-refractivity contribution in [3.05, 3.63) is 39.9 Å². The first-order valence-corrected chi connectivity index (χ1v) is 7.10. The number of carbonyl (C=O) groups excluding carboxylic acids is 1. The molecular weight excluding hydrogens is 258 g/mol. The van der Waals surface area contributed by atoms with Crippen molar-refractivity contribution in [2.24, 2.45) is 11.5 Å². The summed E-state index contributed by atoms with van der Waals surface area (Å²) < 4.78 is 0. The number of thioether (sulfide) groups is 1. The second-order valence-electron chi connectivity index (χ2n) is 4.90. The average molecular weight is 277 g/mol. The zero-order valence-corrected chi connectivity index (χ0v) is 12.3. The van der Waals surface area contributed by atoms with Gasteiger partial charge in [0, 0.05) is 11.4 Å². The Morgan fingerprint density at radius 2 is 1.89 bits per heavy atom. The zero-order valence-electron chi connectivity index (χ0n) is 11.4. The van der Waals surface area contributed by atoms with Gasteiger partial charge in [0.2, 0.25) is 5.91 Å². The van der Waals surface area contributed by atoms with E-state index in [1.165, 1.54) is 17.3 Å². The molecule has 1 aromatic carbocycles. The number of nitrogens with two attached hydrogens (primary N) is 2. The summed E-state index contributed by atoms with van der Waals surface area (Å²) in [4.78, 5) is 13.2. The fourth-order valence-corrected chi connectivity index (χ4v) is 3.41. The fraction of sp³-hybridized carbons (Fsp3) is 0.357. The van der Waals surface area contributed by atoms with Gasteiger partial charge in [0.1, 0.15) is 5.50 Å². The standard InChI is InChI=1S/C14H19N3OS/c1-8-4-9(2)13(10(3)5-8)17-11(6-12(15)18)7-19-14(17)16/h4-5,7,14H,6,16H2,1-3H3,(H2,15,18). The Morgan fingerprint density at radius 1 is 1.32 bits per heavy atom. The Kier molecular flexibility index (Phi) is 3.87. The van der Waals surface area contributed by atoms with Gasteiger partial charge in [0.15, 0.2) is 0 Å². The molecule has 1 heterocycles. The lowest BCUT2D eigenvalue weighted by Gasteiger charge is -2.29. The van der Waals surface area contributed by atoms with Gasteiger partial charge in [-0.2, -0.15) is 0 Å². The molecule has 1 aliphatic heterocycles. The maximum atomic E-state index is 11.2. The Bertz CT molecular complexity index is 531.